The van der Waals surface area contributed by atoms with E-state index in [1.807, 2.05) is 55.5 Å². The van der Waals surface area contributed by atoms with E-state index in [4.69, 9.17) is 21.3 Å². The molecule has 26 heavy (non-hydrogen) atoms. The maximum absolute atomic E-state index is 12.3. The zero-order valence-corrected chi connectivity index (χ0v) is 15.8. The number of ether oxygens (including phenoxy) is 1. The highest BCUT2D eigenvalue weighted by atomic mass is 35.5. The van der Waals surface area contributed by atoms with Crippen LogP contribution in [0.1, 0.15) is 40.1 Å². The van der Waals surface area contributed by atoms with E-state index in [2.05, 4.69) is 12.2 Å². The first kappa shape index (κ1) is 18.4. The van der Waals surface area contributed by atoms with Crippen molar-refractivity contribution < 1.29 is 9.53 Å². The Balaban J connectivity index is 1.93. The van der Waals surface area contributed by atoms with Gasteiger partial charge < -0.3 is 10.1 Å². The lowest BCUT2D eigenvalue weighted by atomic mass is 10.0. The number of aryl methyl sites for hydroxylation is 1. The lowest BCUT2D eigenvalue weighted by Crippen LogP contribution is -2.22. The molecule has 0 amide bonds. The van der Waals surface area contributed by atoms with E-state index >= 15 is 0 Å². The van der Waals surface area contributed by atoms with Crippen molar-refractivity contribution in [1.29, 1.82) is 0 Å². The van der Waals surface area contributed by atoms with Gasteiger partial charge in [0.25, 0.3) is 0 Å². The number of benzene rings is 2. The van der Waals surface area contributed by atoms with Gasteiger partial charge in [-0.05, 0) is 43.2 Å². The zero-order chi connectivity index (χ0) is 18.7. The summed E-state index contributed by atoms with van der Waals surface area (Å²) < 4.78 is 4.99. The van der Waals surface area contributed by atoms with E-state index in [9.17, 15) is 4.79 Å². The molecule has 0 aliphatic carbocycles. The highest BCUT2D eigenvalue weighted by Gasteiger charge is 2.19. The Morgan fingerprint density at radius 2 is 1.88 bits per heavy atom. The van der Waals surface area contributed by atoms with Gasteiger partial charge in [-0.2, -0.15) is 0 Å². The number of pyridine rings is 1. The molecule has 1 heterocycles. The third-order valence-electron chi connectivity index (χ3n) is 4.56. The molecule has 0 spiro atoms. The third kappa shape index (κ3) is 3.71. The molecule has 0 unspecified atom stereocenters. The number of halogens is 1. The molecule has 134 valence electrons. The van der Waals surface area contributed by atoms with E-state index in [1.54, 1.807) is 0 Å². The Bertz CT molecular complexity index is 939. The first-order valence-corrected chi connectivity index (χ1v) is 8.84. The van der Waals surface area contributed by atoms with Gasteiger partial charge in [0.2, 0.25) is 0 Å². The molecule has 0 saturated carbocycles. The minimum absolute atomic E-state index is 0.0892. The lowest BCUT2D eigenvalue weighted by molar-refractivity contribution is 0.0598. The summed E-state index contributed by atoms with van der Waals surface area (Å²) in [5, 5.41) is 5.10. The van der Waals surface area contributed by atoms with Crippen LogP contribution >= 0.6 is 11.6 Å². The second-order valence-corrected chi connectivity index (χ2v) is 6.66. The molecule has 0 radical (unpaired) electrons. The zero-order valence-electron chi connectivity index (χ0n) is 15.0. The summed E-state index contributed by atoms with van der Waals surface area (Å²) >= 11 is 5.95. The van der Waals surface area contributed by atoms with E-state index in [-0.39, 0.29) is 12.0 Å². The summed E-state index contributed by atoms with van der Waals surface area (Å²) in [5.41, 5.74) is 4.09. The Morgan fingerprint density at radius 1 is 1.19 bits per heavy atom. The number of aromatic nitrogens is 1. The molecule has 0 bridgehead atoms. The highest BCUT2D eigenvalue weighted by molar-refractivity contribution is 6.30. The van der Waals surface area contributed by atoms with E-state index in [1.165, 1.54) is 7.11 Å². The molecule has 5 heteroatoms. The van der Waals surface area contributed by atoms with Gasteiger partial charge in [0, 0.05) is 23.0 Å². The molecule has 1 N–H and O–H groups in total. The molecule has 1 atom stereocenters. The second kappa shape index (κ2) is 7.85. The maximum atomic E-state index is 12.3. The van der Waals surface area contributed by atoms with Crippen LogP contribution in [0.3, 0.4) is 0 Å². The SMILES string of the molecule is COC(=O)c1c(CN[C@@H](C)c2ccc(Cl)cc2)nc2ccccc2c1C. The quantitative estimate of drug-likeness (QED) is 0.655. The van der Waals surface area contributed by atoms with Crippen LogP contribution in [0.15, 0.2) is 48.5 Å². The van der Waals surface area contributed by atoms with Crippen molar-refractivity contribution in [3.8, 4) is 0 Å². The largest absolute Gasteiger partial charge is 0.465 e. The maximum Gasteiger partial charge on any atom is 0.340 e. The number of esters is 1. The molecule has 0 fully saturated rings. The van der Waals surface area contributed by atoms with Gasteiger partial charge in [-0.25, -0.2) is 4.79 Å². The van der Waals surface area contributed by atoms with Crippen LogP contribution in [-0.2, 0) is 11.3 Å². The second-order valence-electron chi connectivity index (χ2n) is 6.22. The standard InChI is InChI=1S/C21H21ClN2O2/c1-13-17-6-4-5-7-18(17)24-19(20(13)21(25)26-3)12-23-14(2)15-8-10-16(22)11-9-15/h4-11,14,23H,12H2,1-3H3/t14-/m0/s1. The predicted octanol–water partition coefficient (Wildman–Crippen LogP) is 4.83. The van der Waals surface area contributed by atoms with Crippen LogP contribution in [0.4, 0.5) is 0 Å². The molecule has 0 aliphatic heterocycles. The summed E-state index contributed by atoms with van der Waals surface area (Å²) in [6.45, 7) is 4.46. The summed E-state index contributed by atoms with van der Waals surface area (Å²) in [7, 11) is 1.39. The molecule has 2 aromatic carbocycles. The van der Waals surface area contributed by atoms with Crippen molar-refractivity contribution in [1.82, 2.24) is 10.3 Å². The fraction of sp³-hybridized carbons (Fsp3) is 0.238. The Morgan fingerprint density at radius 3 is 2.58 bits per heavy atom. The number of fused-ring (bicyclic) bond motifs is 1. The Kier molecular flexibility index (Phi) is 5.55. The molecule has 4 nitrogen and oxygen atoms in total. The van der Waals surface area contributed by atoms with Gasteiger partial charge in [-0.15, -0.1) is 0 Å². The van der Waals surface area contributed by atoms with Gasteiger partial charge in [-0.1, -0.05) is 41.9 Å². The van der Waals surface area contributed by atoms with Crippen LogP contribution in [0.5, 0.6) is 0 Å². The van der Waals surface area contributed by atoms with Crippen molar-refractivity contribution in [2.75, 3.05) is 7.11 Å². The van der Waals surface area contributed by atoms with Gasteiger partial charge in [-0.3, -0.25) is 4.98 Å². The number of hydrogen-bond acceptors (Lipinski definition) is 4. The molecule has 1 aromatic heterocycles. The van der Waals surface area contributed by atoms with Crippen LogP contribution in [0.25, 0.3) is 10.9 Å². The Labute approximate surface area is 158 Å². The average molecular weight is 369 g/mol. The monoisotopic (exact) mass is 368 g/mol. The molecule has 0 aliphatic rings. The van der Waals surface area contributed by atoms with Crippen molar-refractivity contribution >= 4 is 28.5 Å². The number of hydrogen-bond donors (Lipinski definition) is 1. The third-order valence-corrected chi connectivity index (χ3v) is 4.81. The minimum atomic E-state index is -0.364. The number of methoxy groups -OCH3 is 1. The molecule has 3 rings (SSSR count). The number of carbonyl (C=O) groups excluding carboxylic acids is 1. The summed E-state index contributed by atoms with van der Waals surface area (Å²) in [6, 6.07) is 15.6. The van der Waals surface area contributed by atoms with Crippen molar-refractivity contribution in [3.63, 3.8) is 0 Å². The van der Waals surface area contributed by atoms with Crippen molar-refractivity contribution in [2.24, 2.45) is 0 Å². The van der Waals surface area contributed by atoms with Crippen LogP contribution in [0, 0.1) is 6.92 Å². The van der Waals surface area contributed by atoms with Gasteiger partial charge in [0.1, 0.15) is 0 Å². The normalized spacial score (nSPS) is 12.2. The number of nitrogens with zero attached hydrogens (tertiary/aromatic N) is 1. The van der Waals surface area contributed by atoms with Crippen LogP contribution in [0.2, 0.25) is 5.02 Å². The molecular weight excluding hydrogens is 348 g/mol. The number of para-hydroxylation sites is 1. The number of carbonyl (C=O) groups is 1. The van der Waals surface area contributed by atoms with Crippen molar-refractivity contribution in [3.05, 3.63) is 75.9 Å². The van der Waals surface area contributed by atoms with Crippen LogP contribution in [-0.4, -0.2) is 18.1 Å². The topological polar surface area (TPSA) is 51.2 Å². The fourth-order valence-corrected chi connectivity index (χ4v) is 3.19. The summed E-state index contributed by atoms with van der Waals surface area (Å²) in [6.07, 6.45) is 0. The molecular formula is C21H21ClN2O2. The van der Waals surface area contributed by atoms with E-state index < -0.39 is 0 Å². The smallest absolute Gasteiger partial charge is 0.340 e. The first-order chi connectivity index (χ1) is 12.5. The number of nitrogens with one attached hydrogen (secondary N) is 1. The fourth-order valence-electron chi connectivity index (χ4n) is 3.06. The van der Waals surface area contributed by atoms with Gasteiger partial charge in [0.15, 0.2) is 0 Å². The average Bonchev–Trinajstić information content (AvgIpc) is 2.66. The number of rotatable bonds is 5. The van der Waals surface area contributed by atoms with Crippen molar-refractivity contribution in [2.45, 2.75) is 26.4 Å². The molecule has 0 saturated heterocycles. The van der Waals surface area contributed by atoms with Gasteiger partial charge in [0.05, 0.1) is 23.9 Å². The van der Waals surface area contributed by atoms with Gasteiger partial charge >= 0.3 is 5.97 Å². The van der Waals surface area contributed by atoms with E-state index in [0.717, 1.165) is 22.0 Å². The summed E-state index contributed by atoms with van der Waals surface area (Å²) in [4.78, 5) is 17.0. The van der Waals surface area contributed by atoms with Crippen LogP contribution < -0.4 is 5.32 Å². The first-order valence-electron chi connectivity index (χ1n) is 8.46. The lowest BCUT2D eigenvalue weighted by Gasteiger charge is -2.17. The Hall–Kier alpha value is -2.43. The molecule has 3 aromatic rings. The highest BCUT2D eigenvalue weighted by Crippen LogP contribution is 2.24. The minimum Gasteiger partial charge on any atom is -0.465 e. The predicted molar refractivity (Wildman–Crippen MR) is 105 cm³/mol. The van der Waals surface area contributed by atoms with E-state index in [0.29, 0.717) is 22.8 Å². The summed E-state index contributed by atoms with van der Waals surface area (Å²) in [5.74, 6) is -0.364.